The first-order valence-corrected chi connectivity index (χ1v) is 9.27. The fourth-order valence-corrected chi connectivity index (χ4v) is 3.04. The highest BCUT2D eigenvalue weighted by Gasteiger charge is 2.17. The van der Waals surface area contributed by atoms with E-state index in [4.69, 9.17) is 4.74 Å². The third kappa shape index (κ3) is 5.18. The molecule has 0 atom stereocenters. The number of aromatic nitrogens is 2. The summed E-state index contributed by atoms with van der Waals surface area (Å²) >= 11 is 0. The van der Waals surface area contributed by atoms with Gasteiger partial charge >= 0.3 is 0 Å². The first-order valence-electron chi connectivity index (χ1n) is 9.27. The molecule has 0 spiro atoms. The topological polar surface area (TPSA) is 76.1 Å². The molecule has 2 aromatic rings. The van der Waals surface area contributed by atoms with Gasteiger partial charge in [-0.1, -0.05) is 19.3 Å². The molecular formula is C20H26N4O2. The molecule has 6 nitrogen and oxygen atoms in total. The van der Waals surface area contributed by atoms with Crippen LogP contribution in [0.1, 0.15) is 56.3 Å². The zero-order valence-corrected chi connectivity index (χ0v) is 15.4. The van der Waals surface area contributed by atoms with E-state index in [1.165, 1.54) is 19.3 Å². The number of carbonyl (C=O) groups excluding carboxylic acids is 1. The molecule has 6 heteroatoms. The average Bonchev–Trinajstić information content (AvgIpc) is 2.64. The molecule has 0 aliphatic heterocycles. The van der Waals surface area contributed by atoms with E-state index in [2.05, 4.69) is 20.6 Å². The summed E-state index contributed by atoms with van der Waals surface area (Å²) in [5, 5.41) is 6.20. The number of nitrogens with one attached hydrogen (secondary N) is 2. The van der Waals surface area contributed by atoms with Crippen LogP contribution in [-0.2, 0) is 0 Å². The fraction of sp³-hybridized carbons (Fsp3) is 0.450. The van der Waals surface area contributed by atoms with Crippen molar-refractivity contribution in [2.75, 3.05) is 5.32 Å². The van der Waals surface area contributed by atoms with Crippen LogP contribution in [0.25, 0.3) is 0 Å². The molecular weight excluding hydrogens is 328 g/mol. The van der Waals surface area contributed by atoms with Crippen molar-refractivity contribution in [1.29, 1.82) is 0 Å². The first kappa shape index (κ1) is 18.2. The van der Waals surface area contributed by atoms with Crippen LogP contribution in [0.4, 0.5) is 11.6 Å². The lowest BCUT2D eigenvalue weighted by atomic mass is 9.95. The summed E-state index contributed by atoms with van der Waals surface area (Å²) in [6, 6.07) is 7.89. The third-order valence-corrected chi connectivity index (χ3v) is 4.34. The summed E-state index contributed by atoms with van der Waals surface area (Å²) in [4.78, 5) is 20.8. The van der Waals surface area contributed by atoms with Gasteiger partial charge in [-0.15, -0.1) is 0 Å². The fourth-order valence-electron chi connectivity index (χ4n) is 3.04. The second-order valence-electron chi connectivity index (χ2n) is 6.92. The predicted octanol–water partition coefficient (Wildman–Crippen LogP) is 4.07. The van der Waals surface area contributed by atoms with Crippen molar-refractivity contribution in [3.8, 4) is 5.75 Å². The van der Waals surface area contributed by atoms with E-state index in [1.807, 2.05) is 38.1 Å². The van der Waals surface area contributed by atoms with Crippen LogP contribution in [0.5, 0.6) is 5.75 Å². The minimum atomic E-state index is -0.0985. The smallest absolute Gasteiger partial charge is 0.254 e. The van der Waals surface area contributed by atoms with Crippen LogP contribution in [0.2, 0.25) is 0 Å². The molecule has 1 heterocycles. The van der Waals surface area contributed by atoms with Gasteiger partial charge in [0.25, 0.3) is 5.91 Å². The summed E-state index contributed by atoms with van der Waals surface area (Å²) in [5.74, 6) is 1.18. The van der Waals surface area contributed by atoms with Crippen molar-refractivity contribution in [3.63, 3.8) is 0 Å². The standard InChI is InChI=1S/C20H26N4O2/c1-14(2)26-18-10-8-17(9-11-18)24-20-21-12-15(13-22-20)19(25)23-16-6-4-3-5-7-16/h8-14,16H,3-7H2,1-2H3,(H,23,25)(H,21,22,24). The Kier molecular flexibility index (Phi) is 6.04. The monoisotopic (exact) mass is 354 g/mol. The number of hydrogen-bond donors (Lipinski definition) is 2. The van der Waals surface area contributed by atoms with E-state index >= 15 is 0 Å². The number of carbonyl (C=O) groups is 1. The van der Waals surface area contributed by atoms with Gasteiger partial charge in [0, 0.05) is 24.1 Å². The Morgan fingerprint density at radius 3 is 2.35 bits per heavy atom. The van der Waals surface area contributed by atoms with Gasteiger partial charge in [-0.05, 0) is 51.0 Å². The molecule has 1 aliphatic carbocycles. The van der Waals surface area contributed by atoms with Crippen LogP contribution in [0.15, 0.2) is 36.7 Å². The number of benzene rings is 1. The first-order chi connectivity index (χ1) is 12.6. The highest BCUT2D eigenvalue weighted by Crippen LogP contribution is 2.20. The Labute approximate surface area is 154 Å². The predicted molar refractivity (Wildman–Crippen MR) is 102 cm³/mol. The molecule has 0 unspecified atom stereocenters. The molecule has 1 saturated carbocycles. The van der Waals surface area contributed by atoms with Crippen LogP contribution in [-0.4, -0.2) is 28.0 Å². The normalized spacial score (nSPS) is 14.9. The molecule has 0 saturated heterocycles. The Balaban J connectivity index is 1.56. The minimum Gasteiger partial charge on any atom is -0.491 e. The zero-order chi connectivity index (χ0) is 18.4. The molecule has 0 radical (unpaired) electrons. The minimum absolute atomic E-state index is 0.0985. The molecule has 26 heavy (non-hydrogen) atoms. The van der Waals surface area contributed by atoms with Gasteiger partial charge in [-0.3, -0.25) is 4.79 Å². The lowest BCUT2D eigenvalue weighted by molar-refractivity contribution is 0.0927. The van der Waals surface area contributed by atoms with Gasteiger partial charge in [0.05, 0.1) is 11.7 Å². The van der Waals surface area contributed by atoms with E-state index in [0.29, 0.717) is 11.5 Å². The molecule has 1 aromatic heterocycles. The van der Waals surface area contributed by atoms with Gasteiger partial charge in [0.1, 0.15) is 5.75 Å². The van der Waals surface area contributed by atoms with Crippen LogP contribution >= 0.6 is 0 Å². The summed E-state index contributed by atoms with van der Waals surface area (Å²) in [6.07, 6.45) is 9.01. The molecule has 138 valence electrons. The van der Waals surface area contributed by atoms with Crippen molar-refractivity contribution < 1.29 is 9.53 Å². The lowest BCUT2D eigenvalue weighted by Gasteiger charge is -2.22. The number of anilines is 2. The summed E-state index contributed by atoms with van der Waals surface area (Å²) in [6.45, 7) is 3.98. The van der Waals surface area contributed by atoms with Crippen molar-refractivity contribution in [1.82, 2.24) is 15.3 Å². The van der Waals surface area contributed by atoms with E-state index in [0.717, 1.165) is 24.3 Å². The zero-order valence-electron chi connectivity index (χ0n) is 15.4. The number of nitrogens with zero attached hydrogens (tertiary/aromatic N) is 2. The number of amides is 1. The van der Waals surface area contributed by atoms with E-state index in [1.54, 1.807) is 12.4 Å². The number of hydrogen-bond acceptors (Lipinski definition) is 5. The van der Waals surface area contributed by atoms with E-state index in [-0.39, 0.29) is 18.1 Å². The maximum Gasteiger partial charge on any atom is 0.254 e. The quantitative estimate of drug-likeness (QED) is 0.818. The van der Waals surface area contributed by atoms with Crippen LogP contribution in [0, 0.1) is 0 Å². The molecule has 1 aromatic carbocycles. The second-order valence-corrected chi connectivity index (χ2v) is 6.92. The Hall–Kier alpha value is -2.63. The van der Waals surface area contributed by atoms with E-state index in [9.17, 15) is 4.79 Å². The lowest BCUT2D eigenvalue weighted by Crippen LogP contribution is -2.36. The van der Waals surface area contributed by atoms with Crippen molar-refractivity contribution in [3.05, 3.63) is 42.2 Å². The largest absolute Gasteiger partial charge is 0.491 e. The maximum atomic E-state index is 12.3. The second kappa shape index (κ2) is 8.65. The van der Waals surface area contributed by atoms with Gasteiger partial charge in [-0.25, -0.2) is 9.97 Å². The Morgan fingerprint density at radius 2 is 1.73 bits per heavy atom. The van der Waals surface area contributed by atoms with Gasteiger partial charge < -0.3 is 15.4 Å². The highest BCUT2D eigenvalue weighted by molar-refractivity contribution is 5.93. The maximum absolute atomic E-state index is 12.3. The Bertz CT molecular complexity index is 708. The molecule has 1 fully saturated rings. The Morgan fingerprint density at radius 1 is 1.08 bits per heavy atom. The summed E-state index contributed by atoms with van der Waals surface area (Å²) < 4.78 is 5.62. The molecule has 0 bridgehead atoms. The van der Waals surface area contributed by atoms with Gasteiger partial charge in [0.15, 0.2) is 0 Å². The molecule has 2 N–H and O–H groups in total. The molecule has 3 rings (SSSR count). The van der Waals surface area contributed by atoms with Crippen LogP contribution < -0.4 is 15.4 Å². The van der Waals surface area contributed by atoms with Crippen molar-refractivity contribution in [2.24, 2.45) is 0 Å². The van der Waals surface area contributed by atoms with Crippen molar-refractivity contribution >= 4 is 17.5 Å². The SMILES string of the molecule is CC(C)Oc1ccc(Nc2ncc(C(=O)NC3CCCCC3)cn2)cc1. The van der Waals surface area contributed by atoms with Crippen molar-refractivity contribution in [2.45, 2.75) is 58.1 Å². The molecule has 1 amide bonds. The number of ether oxygens (including phenoxy) is 1. The third-order valence-electron chi connectivity index (χ3n) is 4.34. The summed E-state index contributed by atoms with van der Waals surface area (Å²) in [5.41, 5.74) is 1.35. The average molecular weight is 354 g/mol. The van der Waals surface area contributed by atoms with E-state index < -0.39 is 0 Å². The number of rotatable bonds is 6. The van der Waals surface area contributed by atoms with Gasteiger partial charge in [-0.2, -0.15) is 0 Å². The van der Waals surface area contributed by atoms with Crippen LogP contribution in [0.3, 0.4) is 0 Å². The molecule has 1 aliphatic rings. The highest BCUT2D eigenvalue weighted by atomic mass is 16.5. The summed E-state index contributed by atoms with van der Waals surface area (Å²) in [7, 11) is 0. The van der Waals surface area contributed by atoms with Gasteiger partial charge in [0.2, 0.25) is 5.95 Å².